The molecule has 4 aromatic rings. The summed E-state index contributed by atoms with van der Waals surface area (Å²) in [6.45, 7) is 1.98. The zero-order chi connectivity index (χ0) is 27.6. The summed E-state index contributed by atoms with van der Waals surface area (Å²) in [6.07, 6.45) is 3.93. The zero-order valence-electron chi connectivity index (χ0n) is 22.2. The van der Waals surface area contributed by atoms with Crippen molar-refractivity contribution in [1.82, 2.24) is 0 Å². The number of benzene rings is 4. The van der Waals surface area contributed by atoms with E-state index in [1.165, 1.54) is 0 Å². The highest BCUT2D eigenvalue weighted by atomic mass is 16.5. The van der Waals surface area contributed by atoms with Gasteiger partial charge in [-0.25, -0.2) is 0 Å². The van der Waals surface area contributed by atoms with Crippen LogP contribution in [0.5, 0.6) is 5.75 Å². The van der Waals surface area contributed by atoms with Crippen LogP contribution >= 0.6 is 0 Å². The summed E-state index contributed by atoms with van der Waals surface area (Å²) in [7, 11) is 1.60. The van der Waals surface area contributed by atoms with Crippen molar-refractivity contribution >= 4 is 29.1 Å². The van der Waals surface area contributed by atoms with Crippen molar-refractivity contribution in [3.8, 4) is 5.75 Å². The highest BCUT2D eigenvalue weighted by Gasteiger charge is 2.71. The summed E-state index contributed by atoms with van der Waals surface area (Å²) >= 11 is 0. The Morgan fingerprint density at radius 1 is 0.800 bits per heavy atom. The smallest absolute Gasteiger partial charge is 0.185 e. The van der Waals surface area contributed by atoms with Crippen molar-refractivity contribution in [2.45, 2.75) is 24.9 Å². The molecule has 1 fully saturated rings. The fourth-order valence-corrected chi connectivity index (χ4v) is 6.99. The molecule has 3 aliphatic rings. The number of para-hydroxylation sites is 1. The maximum Gasteiger partial charge on any atom is 0.185 e. The molecule has 5 heteroatoms. The van der Waals surface area contributed by atoms with E-state index in [4.69, 9.17) is 4.74 Å². The average molecular weight is 526 g/mol. The summed E-state index contributed by atoms with van der Waals surface area (Å²) in [5.74, 6) is -0.656. The van der Waals surface area contributed by atoms with Gasteiger partial charge < -0.3 is 9.64 Å². The van der Waals surface area contributed by atoms with Gasteiger partial charge in [0, 0.05) is 28.3 Å². The minimum absolute atomic E-state index is 0.121. The van der Waals surface area contributed by atoms with Gasteiger partial charge in [-0.2, -0.15) is 0 Å². The van der Waals surface area contributed by atoms with Gasteiger partial charge >= 0.3 is 0 Å². The van der Waals surface area contributed by atoms with Gasteiger partial charge in [-0.3, -0.25) is 14.4 Å². The van der Waals surface area contributed by atoms with Crippen LogP contribution in [0.4, 0.5) is 5.69 Å². The Morgan fingerprint density at radius 2 is 1.43 bits per heavy atom. The van der Waals surface area contributed by atoms with Crippen molar-refractivity contribution in [1.29, 1.82) is 0 Å². The quantitative estimate of drug-likeness (QED) is 0.231. The number of ether oxygens (including phenoxy) is 1. The molecule has 7 rings (SSSR count). The SMILES string of the molecule is COc1ccc([C@H]2[C@H](C(=O)c3ccc(C)cc3)N3c4ccccc4C=CC3C23C(=O)c2ccccc2C3=O)cc1. The molecule has 0 saturated carbocycles. The molecule has 196 valence electrons. The van der Waals surface area contributed by atoms with Gasteiger partial charge in [0.05, 0.1) is 13.2 Å². The van der Waals surface area contributed by atoms with Crippen LogP contribution in [0.1, 0.15) is 53.7 Å². The standard InChI is InChI=1S/C35H27NO4/c1-21-11-13-24(14-12-21)32(37)31-30(23-15-18-25(40-2)19-16-23)35(33(38)26-8-4-5-9-27(26)34(35)39)29-20-17-22-7-3-6-10-28(22)36(29)31/h3-20,29-31H,1-2H3/t29?,30-,31+/m0/s1. The molecular formula is C35H27NO4. The van der Waals surface area contributed by atoms with Crippen LogP contribution in [0, 0.1) is 12.3 Å². The van der Waals surface area contributed by atoms with E-state index >= 15 is 0 Å². The average Bonchev–Trinajstić information content (AvgIpc) is 3.43. The van der Waals surface area contributed by atoms with E-state index in [2.05, 4.69) is 0 Å². The highest BCUT2D eigenvalue weighted by molar-refractivity contribution is 6.32. The Hall–Kier alpha value is -4.77. The number of anilines is 1. The van der Waals surface area contributed by atoms with Gasteiger partial charge in [-0.05, 0) is 36.2 Å². The number of rotatable bonds is 4. The molecule has 1 spiro atoms. The van der Waals surface area contributed by atoms with Gasteiger partial charge in [0.1, 0.15) is 17.2 Å². The third-order valence-corrected chi connectivity index (χ3v) is 8.79. The molecule has 0 amide bonds. The van der Waals surface area contributed by atoms with Gasteiger partial charge in [0.25, 0.3) is 0 Å². The Kier molecular flexibility index (Phi) is 5.39. The van der Waals surface area contributed by atoms with Gasteiger partial charge in [-0.15, -0.1) is 0 Å². The first kappa shape index (κ1) is 24.3. The molecule has 0 N–H and O–H groups in total. The fraction of sp³-hybridized carbons (Fsp3) is 0.171. The van der Waals surface area contributed by atoms with Gasteiger partial charge in [0.15, 0.2) is 17.3 Å². The maximum absolute atomic E-state index is 14.6. The largest absolute Gasteiger partial charge is 0.497 e. The monoisotopic (exact) mass is 525 g/mol. The molecule has 4 aromatic carbocycles. The topological polar surface area (TPSA) is 63.7 Å². The van der Waals surface area contributed by atoms with Crippen molar-refractivity contribution < 1.29 is 19.1 Å². The van der Waals surface area contributed by atoms with Gasteiger partial charge in [0.2, 0.25) is 0 Å². The molecule has 40 heavy (non-hydrogen) atoms. The summed E-state index contributed by atoms with van der Waals surface area (Å²) in [6, 6.07) is 28.4. The Bertz CT molecular complexity index is 1680. The zero-order valence-corrected chi connectivity index (χ0v) is 22.2. The lowest BCUT2D eigenvalue weighted by Crippen LogP contribution is -2.48. The second-order valence-electron chi connectivity index (χ2n) is 10.8. The Balaban J connectivity index is 1.53. The van der Waals surface area contributed by atoms with E-state index in [1.54, 1.807) is 31.4 Å². The van der Waals surface area contributed by atoms with E-state index in [-0.39, 0.29) is 17.3 Å². The third-order valence-electron chi connectivity index (χ3n) is 8.79. The van der Waals surface area contributed by atoms with Crippen molar-refractivity contribution in [3.63, 3.8) is 0 Å². The fourth-order valence-electron chi connectivity index (χ4n) is 6.99. The number of Topliss-reactive ketones (excluding diaryl/α,β-unsaturated/α-hetero) is 3. The summed E-state index contributed by atoms with van der Waals surface area (Å²) in [4.78, 5) is 46.0. The molecule has 3 atom stereocenters. The van der Waals surface area contributed by atoms with Crippen LogP contribution in [0.15, 0.2) is 103 Å². The number of carbonyl (C=O) groups excluding carboxylic acids is 3. The predicted octanol–water partition coefficient (Wildman–Crippen LogP) is 6.32. The number of aryl methyl sites for hydroxylation is 1. The maximum atomic E-state index is 14.6. The van der Waals surface area contributed by atoms with Crippen LogP contribution in [0.25, 0.3) is 6.08 Å². The second kappa shape index (κ2) is 8.88. The first-order valence-corrected chi connectivity index (χ1v) is 13.5. The highest BCUT2D eigenvalue weighted by Crippen LogP contribution is 2.61. The molecule has 5 nitrogen and oxygen atoms in total. The van der Waals surface area contributed by atoms with Crippen LogP contribution in [-0.4, -0.2) is 36.5 Å². The number of hydrogen-bond donors (Lipinski definition) is 0. The van der Waals surface area contributed by atoms with E-state index < -0.39 is 23.4 Å². The van der Waals surface area contributed by atoms with Crippen molar-refractivity contribution in [2.24, 2.45) is 5.41 Å². The molecule has 0 bridgehead atoms. The van der Waals surface area contributed by atoms with Gasteiger partial charge in [-0.1, -0.05) is 96.6 Å². The summed E-state index contributed by atoms with van der Waals surface area (Å²) < 4.78 is 5.42. The molecule has 1 saturated heterocycles. The van der Waals surface area contributed by atoms with E-state index in [0.29, 0.717) is 22.4 Å². The first-order valence-electron chi connectivity index (χ1n) is 13.5. The van der Waals surface area contributed by atoms with Crippen LogP contribution in [-0.2, 0) is 0 Å². The normalized spacial score (nSPS) is 21.8. The molecule has 2 heterocycles. The third kappa shape index (κ3) is 3.18. The number of ketones is 3. The minimum Gasteiger partial charge on any atom is -0.497 e. The van der Waals surface area contributed by atoms with Crippen molar-refractivity contribution in [3.05, 3.63) is 137 Å². The molecule has 0 aromatic heterocycles. The molecule has 1 aliphatic carbocycles. The molecule has 1 unspecified atom stereocenters. The Labute approximate surface area is 232 Å². The van der Waals surface area contributed by atoms with E-state index in [9.17, 15) is 14.4 Å². The van der Waals surface area contributed by atoms with Crippen LogP contribution < -0.4 is 9.64 Å². The number of nitrogens with zero attached hydrogens (tertiary/aromatic N) is 1. The van der Waals surface area contributed by atoms with Crippen LogP contribution in [0.3, 0.4) is 0 Å². The number of fused-ring (bicyclic) bond motifs is 5. The molecule has 2 aliphatic heterocycles. The van der Waals surface area contributed by atoms with E-state index in [1.807, 2.05) is 96.8 Å². The number of hydrogen-bond acceptors (Lipinski definition) is 5. The minimum atomic E-state index is -1.51. The first-order chi connectivity index (χ1) is 19.5. The lowest BCUT2D eigenvalue weighted by molar-refractivity contribution is 0.0666. The van der Waals surface area contributed by atoms with E-state index in [0.717, 1.165) is 22.4 Å². The number of methoxy groups -OCH3 is 1. The molecular weight excluding hydrogens is 498 g/mol. The summed E-state index contributed by atoms with van der Waals surface area (Å²) in [5.41, 5.74) is 3.46. The molecule has 0 radical (unpaired) electrons. The summed E-state index contributed by atoms with van der Waals surface area (Å²) in [5, 5.41) is 0. The lowest BCUT2D eigenvalue weighted by Gasteiger charge is -2.37. The van der Waals surface area contributed by atoms with Crippen molar-refractivity contribution in [2.75, 3.05) is 12.0 Å². The number of carbonyl (C=O) groups is 3. The lowest BCUT2D eigenvalue weighted by atomic mass is 9.64. The van der Waals surface area contributed by atoms with Crippen LogP contribution in [0.2, 0.25) is 0 Å². The predicted molar refractivity (Wildman–Crippen MR) is 154 cm³/mol. The second-order valence-corrected chi connectivity index (χ2v) is 10.8. The Morgan fingerprint density at radius 3 is 2.08 bits per heavy atom.